The summed E-state index contributed by atoms with van der Waals surface area (Å²) < 4.78 is 11.7. The van der Waals surface area contributed by atoms with Crippen LogP contribution in [0.4, 0.5) is 5.69 Å². The van der Waals surface area contributed by atoms with Gasteiger partial charge < -0.3 is 14.8 Å². The number of rotatable bonds is 7. The fraction of sp³-hybridized carbons (Fsp3) is 0.269. The first-order chi connectivity index (χ1) is 14.4. The number of benzene rings is 3. The van der Waals surface area contributed by atoms with E-state index in [1.54, 1.807) is 6.07 Å². The van der Waals surface area contributed by atoms with Crippen LogP contribution >= 0.6 is 0 Å². The number of hydrogen-bond donors (Lipinski definition) is 1. The molecular weight excluding hydrogens is 374 g/mol. The lowest BCUT2D eigenvalue weighted by Gasteiger charge is -2.15. The lowest BCUT2D eigenvalue weighted by molar-refractivity contribution is 0.102. The number of nitrogens with one attached hydrogen (secondary N) is 1. The Balaban J connectivity index is 1.81. The lowest BCUT2D eigenvalue weighted by atomic mass is 10.1. The van der Waals surface area contributed by atoms with Crippen molar-refractivity contribution in [2.24, 2.45) is 0 Å². The molecule has 1 N–H and O–H groups in total. The van der Waals surface area contributed by atoms with E-state index in [1.165, 1.54) is 11.1 Å². The smallest absolute Gasteiger partial charge is 0.255 e. The molecule has 30 heavy (non-hydrogen) atoms. The first-order valence-corrected chi connectivity index (χ1v) is 10.2. The topological polar surface area (TPSA) is 47.6 Å². The molecule has 0 aliphatic carbocycles. The van der Waals surface area contributed by atoms with Gasteiger partial charge in [0.1, 0.15) is 18.1 Å². The Morgan fingerprint density at radius 2 is 1.67 bits per heavy atom. The number of hydrogen-bond acceptors (Lipinski definition) is 3. The first-order valence-electron chi connectivity index (χ1n) is 10.2. The Morgan fingerprint density at radius 1 is 0.867 bits per heavy atom. The maximum Gasteiger partial charge on any atom is 0.255 e. The van der Waals surface area contributed by atoms with Crippen molar-refractivity contribution >= 4 is 11.6 Å². The largest absolute Gasteiger partial charge is 0.493 e. The number of carbonyl (C=O) groups excluding carboxylic acids is 1. The molecule has 0 atom stereocenters. The van der Waals surface area contributed by atoms with E-state index in [0.29, 0.717) is 18.8 Å². The predicted molar refractivity (Wildman–Crippen MR) is 122 cm³/mol. The zero-order valence-electron chi connectivity index (χ0n) is 18.3. The molecule has 0 heterocycles. The van der Waals surface area contributed by atoms with Crippen LogP contribution in [0.2, 0.25) is 0 Å². The Labute approximate surface area is 178 Å². The minimum Gasteiger partial charge on any atom is -0.493 e. The summed E-state index contributed by atoms with van der Waals surface area (Å²) in [6.07, 6.45) is 0. The molecule has 0 radical (unpaired) electrons. The molecule has 0 bridgehead atoms. The summed E-state index contributed by atoms with van der Waals surface area (Å²) in [7, 11) is 0. The van der Waals surface area contributed by atoms with Crippen LogP contribution in [-0.4, -0.2) is 12.5 Å². The zero-order chi connectivity index (χ0) is 21.7. The average molecular weight is 404 g/mol. The molecule has 4 heteroatoms. The van der Waals surface area contributed by atoms with Gasteiger partial charge in [-0.15, -0.1) is 0 Å². The van der Waals surface area contributed by atoms with Crippen molar-refractivity contribution in [3.8, 4) is 11.5 Å². The number of amides is 1. The molecular formula is C26H29NO3. The third kappa shape index (κ3) is 5.01. The maximum atomic E-state index is 12.9. The Morgan fingerprint density at radius 3 is 2.40 bits per heavy atom. The van der Waals surface area contributed by atoms with Crippen molar-refractivity contribution in [2.75, 3.05) is 11.9 Å². The molecule has 0 unspecified atom stereocenters. The Hall–Kier alpha value is -3.27. The monoisotopic (exact) mass is 403 g/mol. The highest BCUT2D eigenvalue weighted by atomic mass is 16.5. The van der Waals surface area contributed by atoms with Crippen molar-refractivity contribution in [2.45, 2.75) is 41.2 Å². The van der Waals surface area contributed by atoms with Gasteiger partial charge in [0.05, 0.1) is 6.61 Å². The molecule has 0 saturated heterocycles. The second kappa shape index (κ2) is 9.49. The number of anilines is 1. The van der Waals surface area contributed by atoms with Crippen LogP contribution in [0.3, 0.4) is 0 Å². The van der Waals surface area contributed by atoms with E-state index in [0.717, 1.165) is 33.9 Å². The molecule has 0 spiro atoms. The van der Waals surface area contributed by atoms with Crippen molar-refractivity contribution in [3.63, 3.8) is 0 Å². The normalized spacial score (nSPS) is 10.6. The molecule has 156 valence electrons. The molecule has 3 rings (SSSR count). The van der Waals surface area contributed by atoms with Gasteiger partial charge in [0.2, 0.25) is 0 Å². The van der Waals surface area contributed by atoms with E-state index in [4.69, 9.17) is 9.47 Å². The lowest BCUT2D eigenvalue weighted by Crippen LogP contribution is -2.14. The second-order valence-electron chi connectivity index (χ2n) is 7.49. The molecule has 0 aliphatic heterocycles. The molecule has 0 aromatic heterocycles. The highest BCUT2D eigenvalue weighted by molar-refractivity contribution is 6.05. The van der Waals surface area contributed by atoms with Gasteiger partial charge in [0, 0.05) is 16.8 Å². The minimum atomic E-state index is -0.154. The highest BCUT2D eigenvalue weighted by Gasteiger charge is 2.13. The van der Waals surface area contributed by atoms with Crippen LogP contribution in [0.25, 0.3) is 0 Å². The van der Waals surface area contributed by atoms with E-state index < -0.39 is 0 Å². The van der Waals surface area contributed by atoms with E-state index in [1.807, 2.05) is 69.3 Å². The molecule has 1 amide bonds. The van der Waals surface area contributed by atoms with Crippen molar-refractivity contribution < 1.29 is 14.3 Å². The summed E-state index contributed by atoms with van der Waals surface area (Å²) >= 11 is 0. The summed E-state index contributed by atoms with van der Waals surface area (Å²) in [6, 6.07) is 17.4. The summed E-state index contributed by atoms with van der Waals surface area (Å²) in [4.78, 5) is 12.9. The SMILES string of the molecule is CCOc1ccc(C(=O)Nc2cccc(C)c2C)cc1COc1ccc(C)c(C)c1. The maximum absolute atomic E-state index is 12.9. The third-order valence-corrected chi connectivity index (χ3v) is 5.35. The second-order valence-corrected chi connectivity index (χ2v) is 7.49. The molecule has 0 fully saturated rings. The Bertz CT molecular complexity index is 1060. The van der Waals surface area contributed by atoms with Crippen molar-refractivity contribution in [3.05, 3.63) is 88.0 Å². The first kappa shape index (κ1) is 21.4. The van der Waals surface area contributed by atoms with Gasteiger partial charge in [-0.3, -0.25) is 4.79 Å². The highest BCUT2D eigenvalue weighted by Crippen LogP contribution is 2.25. The van der Waals surface area contributed by atoms with E-state index in [-0.39, 0.29) is 5.91 Å². The summed E-state index contributed by atoms with van der Waals surface area (Å²) in [5.41, 5.74) is 6.84. The minimum absolute atomic E-state index is 0.154. The summed E-state index contributed by atoms with van der Waals surface area (Å²) in [5.74, 6) is 1.37. The average Bonchev–Trinajstić information content (AvgIpc) is 2.73. The van der Waals surface area contributed by atoms with E-state index in [2.05, 4.69) is 19.2 Å². The van der Waals surface area contributed by atoms with Gasteiger partial charge >= 0.3 is 0 Å². The van der Waals surface area contributed by atoms with Gasteiger partial charge in [0.25, 0.3) is 5.91 Å². The quantitative estimate of drug-likeness (QED) is 0.515. The van der Waals surface area contributed by atoms with E-state index in [9.17, 15) is 4.79 Å². The summed E-state index contributed by atoms with van der Waals surface area (Å²) in [6.45, 7) is 11.0. The van der Waals surface area contributed by atoms with Gasteiger partial charge in [-0.1, -0.05) is 18.2 Å². The van der Waals surface area contributed by atoms with E-state index >= 15 is 0 Å². The van der Waals surface area contributed by atoms with Crippen LogP contribution in [-0.2, 0) is 6.61 Å². The van der Waals surface area contributed by atoms with Crippen LogP contribution < -0.4 is 14.8 Å². The third-order valence-electron chi connectivity index (χ3n) is 5.35. The van der Waals surface area contributed by atoms with Crippen LogP contribution in [0.15, 0.2) is 54.6 Å². The fourth-order valence-electron chi connectivity index (χ4n) is 3.18. The number of aryl methyl sites for hydroxylation is 3. The van der Waals surface area contributed by atoms with Crippen LogP contribution in [0.1, 0.15) is 45.1 Å². The fourth-order valence-corrected chi connectivity index (χ4v) is 3.18. The van der Waals surface area contributed by atoms with Crippen molar-refractivity contribution in [1.29, 1.82) is 0 Å². The van der Waals surface area contributed by atoms with Crippen molar-refractivity contribution in [1.82, 2.24) is 0 Å². The van der Waals surface area contributed by atoms with Gasteiger partial charge in [-0.05, 0) is 93.3 Å². The molecule has 3 aromatic carbocycles. The number of ether oxygens (including phenoxy) is 2. The van der Waals surface area contributed by atoms with Gasteiger partial charge in [-0.2, -0.15) is 0 Å². The standard InChI is InChI=1S/C26H29NO3/c1-6-29-25-13-11-21(26(28)27-24-9-7-8-18(3)20(24)5)15-22(25)16-30-23-12-10-17(2)19(4)14-23/h7-15H,6,16H2,1-5H3,(H,27,28). The van der Waals surface area contributed by atoms with Gasteiger partial charge in [0.15, 0.2) is 0 Å². The van der Waals surface area contributed by atoms with Crippen LogP contribution in [0, 0.1) is 27.7 Å². The molecule has 0 saturated carbocycles. The summed E-state index contributed by atoms with van der Waals surface area (Å²) in [5, 5.41) is 3.01. The Kier molecular flexibility index (Phi) is 6.78. The predicted octanol–water partition coefficient (Wildman–Crippen LogP) is 6.15. The van der Waals surface area contributed by atoms with Crippen LogP contribution in [0.5, 0.6) is 11.5 Å². The molecule has 4 nitrogen and oxygen atoms in total. The number of carbonyl (C=O) groups is 1. The molecule has 3 aromatic rings. The van der Waals surface area contributed by atoms with Gasteiger partial charge in [-0.25, -0.2) is 0 Å². The zero-order valence-corrected chi connectivity index (χ0v) is 18.3. The molecule has 0 aliphatic rings.